The maximum atomic E-state index is 6.02. The van der Waals surface area contributed by atoms with Gasteiger partial charge in [0.25, 0.3) is 0 Å². The van der Waals surface area contributed by atoms with Crippen molar-refractivity contribution in [1.29, 1.82) is 0 Å². The molecule has 1 saturated carbocycles. The van der Waals surface area contributed by atoms with Crippen molar-refractivity contribution < 1.29 is 0 Å². The van der Waals surface area contributed by atoms with Crippen LogP contribution in [0.5, 0.6) is 0 Å². The summed E-state index contributed by atoms with van der Waals surface area (Å²) in [6.07, 6.45) is 5.26. The molecule has 5 N–H and O–H groups in total. The molecule has 0 spiro atoms. The lowest BCUT2D eigenvalue weighted by Crippen LogP contribution is -2.36. The zero-order valence-electron chi connectivity index (χ0n) is 17.1. The number of nitrogens with two attached hydrogens (primary N) is 1. The number of nitrogens with zero attached hydrogens (tertiary/aromatic N) is 5. The number of hydrogen-bond donors (Lipinski definition) is 4. The van der Waals surface area contributed by atoms with Crippen LogP contribution in [0.2, 0.25) is 0 Å². The number of hydrazine groups is 1. The van der Waals surface area contributed by atoms with Crippen molar-refractivity contribution in [3.63, 3.8) is 0 Å². The highest BCUT2D eigenvalue weighted by Gasteiger charge is 2.36. The summed E-state index contributed by atoms with van der Waals surface area (Å²) in [5.41, 5.74) is 13.2. The number of nitrogen functional groups attached to an aromatic ring is 1. The first-order valence-corrected chi connectivity index (χ1v) is 10.2. The molecule has 1 aliphatic carbocycles. The molecule has 1 aliphatic heterocycles. The largest absolute Gasteiger partial charge is 0.368 e. The molecule has 4 rings (SSSR count). The second kappa shape index (κ2) is 7.29. The molecule has 3 heterocycles. The highest BCUT2D eigenvalue weighted by molar-refractivity contribution is 5.37. The number of rotatable bonds is 5. The van der Waals surface area contributed by atoms with E-state index >= 15 is 0 Å². The third-order valence-electron chi connectivity index (χ3n) is 5.88. The smallest absolute Gasteiger partial charge is 0.228 e. The van der Waals surface area contributed by atoms with E-state index in [2.05, 4.69) is 58.9 Å². The van der Waals surface area contributed by atoms with Gasteiger partial charge >= 0.3 is 0 Å². The van der Waals surface area contributed by atoms with Crippen LogP contribution in [0.15, 0.2) is 12.3 Å². The van der Waals surface area contributed by atoms with E-state index in [1.165, 1.54) is 6.42 Å². The fourth-order valence-corrected chi connectivity index (χ4v) is 4.16. The first kappa shape index (κ1) is 19.1. The normalized spacial score (nSPS) is 25.1. The van der Waals surface area contributed by atoms with Gasteiger partial charge in [0.1, 0.15) is 5.82 Å². The van der Waals surface area contributed by atoms with E-state index in [-0.39, 0.29) is 5.95 Å². The van der Waals surface area contributed by atoms with Gasteiger partial charge in [0.15, 0.2) is 0 Å². The first-order chi connectivity index (χ1) is 13.3. The molecule has 1 saturated heterocycles. The summed E-state index contributed by atoms with van der Waals surface area (Å²) in [6, 6.07) is 2.82. The molecule has 3 unspecified atom stereocenters. The second-order valence-corrected chi connectivity index (χ2v) is 8.80. The van der Waals surface area contributed by atoms with Gasteiger partial charge in [-0.15, -0.1) is 0 Å². The minimum atomic E-state index is -0.431. The summed E-state index contributed by atoms with van der Waals surface area (Å²) in [5.74, 6) is 2.54. The molecule has 2 aliphatic rings. The maximum Gasteiger partial charge on any atom is 0.228 e. The Morgan fingerprint density at radius 1 is 1.25 bits per heavy atom. The average molecular weight is 386 g/mol. The fourth-order valence-electron chi connectivity index (χ4n) is 4.16. The lowest BCUT2D eigenvalue weighted by atomic mass is 9.79. The lowest BCUT2D eigenvalue weighted by molar-refractivity contribution is 0.296. The number of nitrogens with one attached hydrogen (secondary N) is 3. The Labute approximate surface area is 165 Å². The number of fused-ring (bicyclic) bond motifs is 1. The Morgan fingerprint density at radius 2 is 2.07 bits per heavy atom. The van der Waals surface area contributed by atoms with Gasteiger partial charge in [0.2, 0.25) is 11.9 Å². The van der Waals surface area contributed by atoms with E-state index in [1.54, 1.807) is 0 Å². The molecular formula is C19H31N9. The van der Waals surface area contributed by atoms with Crippen LogP contribution >= 0.6 is 0 Å². The summed E-state index contributed by atoms with van der Waals surface area (Å²) < 4.78 is 1.95. The molecule has 3 atom stereocenters. The predicted molar refractivity (Wildman–Crippen MR) is 109 cm³/mol. The molecule has 152 valence electrons. The summed E-state index contributed by atoms with van der Waals surface area (Å²) in [7, 11) is 0. The standard InChI is InChI=1S/C19H31N9/c1-11(2)28-8-7-15(27-28)19(3,4)25-18-23-16(22-17(20)24-18)12-5-6-13-10-21-26-14(13)9-12/h7-8,11-14,21,26H,5-6,9-10H2,1-4H3,(H3,20,22,23,24,25). The Morgan fingerprint density at radius 3 is 2.82 bits per heavy atom. The number of anilines is 2. The van der Waals surface area contributed by atoms with Crippen LogP contribution in [-0.2, 0) is 5.54 Å². The van der Waals surface area contributed by atoms with E-state index in [1.807, 2.05) is 16.9 Å². The van der Waals surface area contributed by atoms with Crippen molar-refractivity contribution in [2.75, 3.05) is 17.6 Å². The quantitative estimate of drug-likeness (QED) is 0.617. The van der Waals surface area contributed by atoms with E-state index in [9.17, 15) is 0 Å². The molecule has 0 bridgehead atoms. The minimum Gasteiger partial charge on any atom is -0.368 e. The van der Waals surface area contributed by atoms with Crippen LogP contribution < -0.4 is 21.9 Å². The molecule has 2 aromatic rings. The Balaban J connectivity index is 1.53. The zero-order chi connectivity index (χ0) is 19.9. The van der Waals surface area contributed by atoms with E-state index in [0.717, 1.165) is 30.9 Å². The third kappa shape index (κ3) is 3.81. The topological polar surface area (TPSA) is 119 Å². The van der Waals surface area contributed by atoms with Crippen molar-refractivity contribution in [1.82, 2.24) is 35.6 Å². The number of hydrogen-bond acceptors (Lipinski definition) is 8. The van der Waals surface area contributed by atoms with Crippen LogP contribution in [0.1, 0.15) is 70.4 Å². The van der Waals surface area contributed by atoms with Gasteiger partial charge in [0.05, 0.1) is 11.2 Å². The van der Waals surface area contributed by atoms with Gasteiger partial charge in [-0.05, 0) is 58.9 Å². The lowest BCUT2D eigenvalue weighted by Gasteiger charge is -2.30. The first-order valence-electron chi connectivity index (χ1n) is 10.2. The van der Waals surface area contributed by atoms with Crippen LogP contribution in [-0.4, -0.2) is 37.3 Å². The monoisotopic (exact) mass is 385 g/mol. The minimum absolute atomic E-state index is 0.260. The Kier molecular flexibility index (Phi) is 4.96. The highest BCUT2D eigenvalue weighted by Crippen LogP contribution is 2.36. The molecule has 2 fully saturated rings. The predicted octanol–water partition coefficient (Wildman–Crippen LogP) is 1.94. The Bertz CT molecular complexity index is 829. The van der Waals surface area contributed by atoms with Crippen molar-refractivity contribution in [3.8, 4) is 0 Å². The SMILES string of the molecule is CC(C)n1ccc(C(C)(C)Nc2nc(N)nc(C3CCC4CNNC4C3)n2)n1. The van der Waals surface area contributed by atoms with Crippen molar-refractivity contribution in [2.45, 2.75) is 70.5 Å². The van der Waals surface area contributed by atoms with Crippen molar-refractivity contribution >= 4 is 11.9 Å². The highest BCUT2D eigenvalue weighted by atomic mass is 15.4. The van der Waals surface area contributed by atoms with Gasteiger partial charge < -0.3 is 11.1 Å². The molecular weight excluding hydrogens is 354 g/mol. The average Bonchev–Trinajstić information content (AvgIpc) is 3.30. The van der Waals surface area contributed by atoms with Gasteiger partial charge in [-0.25, -0.2) is 0 Å². The van der Waals surface area contributed by atoms with Crippen LogP contribution in [0, 0.1) is 5.92 Å². The summed E-state index contributed by atoms with van der Waals surface area (Å²) in [5, 5.41) is 8.09. The van der Waals surface area contributed by atoms with Crippen molar-refractivity contribution in [3.05, 3.63) is 23.8 Å². The molecule has 0 radical (unpaired) electrons. The van der Waals surface area contributed by atoms with Crippen LogP contribution in [0.4, 0.5) is 11.9 Å². The fraction of sp³-hybridized carbons (Fsp3) is 0.684. The van der Waals surface area contributed by atoms with E-state index < -0.39 is 5.54 Å². The van der Waals surface area contributed by atoms with E-state index in [0.29, 0.717) is 29.9 Å². The summed E-state index contributed by atoms with van der Waals surface area (Å²) in [4.78, 5) is 13.5. The second-order valence-electron chi connectivity index (χ2n) is 8.80. The van der Waals surface area contributed by atoms with Crippen molar-refractivity contribution in [2.24, 2.45) is 5.92 Å². The molecule has 2 aromatic heterocycles. The number of aromatic nitrogens is 5. The van der Waals surface area contributed by atoms with Gasteiger partial charge in [-0.2, -0.15) is 20.1 Å². The van der Waals surface area contributed by atoms with Gasteiger partial charge in [0, 0.05) is 30.7 Å². The van der Waals surface area contributed by atoms with Crippen LogP contribution in [0.25, 0.3) is 0 Å². The molecule has 9 nitrogen and oxygen atoms in total. The zero-order valence-corrected chi connectivity index (χ0v) is 17.1. The summed E-state index contributed by atoms with van der Waals surface area (Å²) >= 11 is 0. The van der Waals surface area contributed by atoms with Gasteiger partial charge in [-0.3, -0.25) is 15.5 Å². The molecule has 0 aromatic carbocycles. The van der Waals surface area contributed by atoms with Crippen LogP contribution in [0.3, 0.4) is 0 Å². The maximum absolute atomic E-state index is 6.02. The summed E-state index contributed by atoms with van der Waals surface area (Å²) in [6.45, 7) is 9.40. The Hall–Kier alpha value is -2.26. The third-order valence-corrected chi connectivity index (χ3v) is 5.88. The molecule has 0 amide bonds. The molecule has 28 heavy (non-hydrogen) atoms. The molecule has 9 heteroatoms. The van der Waals surface area contributed by atoms with Gasteiger partial charge in [-0.1, -0.05) is 0 Å². The van der Waals surface area contributed by atoms with E-state index in [4.69, 9.17) is 10.7 Å².